The van der Waals surface area contributed by atoms with E-state index in [1.807, 2.05) is 6.92 Å². The number of hydrogen-bond acceptors (Lipinski definition) is 4. The van der Waals surface area contributed by atoms with Crippen LogP contribution in [0.2, 0.25) is 0 Å². The van der Waals surface area contributed by atoms with Crippen LogP contribution in [0.5, 0.6) is 0 Å². The van der Waals surface area contributed by atoms with E-state index in [9.17, 15) is 5.11 Å². The van der Waals surface area contributed by atoms with Gasteiger partial charge in [-0.15, -0.1) is 0 Å². The summed E-state index contributed by atoms with van der Waals surface area (Å²) in [4.78, 5) is 7.20. The molecule has 0 radical (unpaired) electrons. The number of hydrogen-bond donors (Lipinski definition) is 2. The minimum absolute atomic E-state index is 0.138. The first-order chi connectivity index (χ1) is 9.10. The van der Waals surface area contributed by atoms with Crippen LogP contribution in [-0.2, 0) is 6.54 Å². The van der Waals surface area contributed by atoms with Crippen molar-refractivity contribution in [1.29, 1.82) is 0 Å². The molecule has 104 valence electrons. The van der Waals surface area contributed by atoms with Crippen molar-refractivity contribution in [2.24, 2.45) is 5.73 Å². The second kappa shape index (κ2) is 4.76. The van der Waals surface area contributed by atoms with E-state index in [2.05, 4.69) is 17.9 Å². The summed E-state index contributed by atoms with van der Waals surface area (Å²) in [6, 6.07) is 2.98. The van der Waals surface area contributed by atoms with Gasteiger partial charge in [-0.3, -0.25) is 0 Å². The number of nitrogens with zero attached hydrogens (tertiary/aromatic N) is 2. The van der Waals surface area contributed by atoms with Crippen molar-refractivity contribution in [1.82, 2.24) is 4.98 Å². The molecule has 19 heavy (non-hydrogen) atoms. The van der Waals surface area contributed by atoms with Crippen LogP contribution in [0.3, 0.4) is 0 Å². The number of aliphatic hydroxyl groups excluding tert-OH is 1. The lowest BCUT2D eigenvalue weighted by atomic mass is 9.98. The van der Waals surface area contributed by atoms with Gasteiger partial charge in [0.1, 0.15) is 5.82 Å². The molecule has 4 heteroatoms. The molecule has 2 aliphatic heterocycles. The van der Waals surface area contributed by atoms with Crippen molar-refractivity contribution < 1.29 is 5.11 Å². The number of aromatic nitrogens is 1. The molecule has 2 fully saturated rings. The van der Waals surface area contributed by atoms with E-state index in [0.29, 0.717) is 18.6 Å². The van der Waals surface area contributed by atoms with Gasteiger partial charge in [-0.2, -0.15) is 0 Å². The molecule has 0 spiro atoms. The standard InChI is InChI=1S/C15H23N3O/c1-9-5-10(2)17-15(14(9)8-16)18-11-3-4-12(18)7-13(19)6-11/h5,11-13,19H,3-4,6-8,16H2,1-2H3. The summed E-state index contributed by atoms with van der Waals surface area (Å²) in [7, 11) is 0. The highest BCUT2D eigenvalue weighted by Gasteiger charge is 2.41. The van der Waals surface area contributed by atoms with E-state index in [0.717, 1.165) is 24.4 Å². The Morgan fingerprint density at radius 3 is 2.53 bits per heavy atom. The Morgan fingerprint density at radius 1 is 1.32 bits per heavy atom. The first-order valence-corrected chi connectivity index (χ1v) is 7.23. The molecule has 3 heterocycles. The maximum Gasteiger partial charge on any atom is 0.134 e. The van der Waals surface area contributed by atoms with Gasteiger partial charge in [-0.1, -0.05) is 0 Å². The molecule has 2 unspecified atom stereocenters. The van der Waals surface area contributed by atoms with Gasteiger partial charge >= 0.3 is 0 Å². The molecule has 3 rings (SSSR count). The minimum atomic E-state index is -0.138. The summed E-state index contributed by atoms with van der Waals surface area (Å²) in [5, 5.41) is 9.92. The predicted molar refractivity (Wildman–Crippen MR) is 76.1 cm³/mol. The molecular formula is C15H23N3O. The molecular weight excluding hydrogens is 238 g/mol. The fourth-order valence-corrected chi connectivity index (χ4v) is 3.80. The third-order valence-electron chi connectivity index (χ3n) is 4.61. The number of piperidine rings is 1. The summed E-state index contributed by atoms with van der Waals surface area (Å²) in [5.74, 6) is 1.07. The second-order valence-electron chi connectivity index (χ2n) is 6.00. The molecule has 1 aromatic heterocycles. The SMILES string of the molecule is Cc1cc(C)c(CN)c(N2C3CCC2CC(O)C3)n1. The van der Waals surface area contributed by atoms with Crippen LogP contribution in [0.1, 0.15) is 42.5 Å². The van der Waals surface area contributed by atoms with Crippen molar-refractivity contribution in [3.63, 3.8) is 0 Å². The zero-order valence-electron chi connectivity index (χ0n) is 11.8. The van der Waals surface area contributed by atoms with Crippen LogP contribution >= 0.6 is 0 Å². The highest BCUT2D eigenvalue weighted by atomic mass is 16.3. The number of rotatable bonds is 2. The lowest BCUT2D eigenvalue weighted by Crippen LogP contribution is -2.46. The van der Waals surface area contributed by atoms with Crippen molar-refractivity contribution >= 4 is 5.82 Å². The van der Waals surface area contributed by atoms with E-state index in [4.69, 9.17) is 10.7 Å². The van der Waals surface area contributed by atoms with Crippen LogP contribution in [0, 0.1) is 13.8 Å². The monoisotopic (exact) mass is 261 g/mol. The van der Waals surface area contributed by atoms with Crippen molar-refractivity contribution in [3.05, 3.63) is 22.9 Å². The normalized spacial score (nSPS) is 29.9. The maximum absolute atomic E-state index is 9.92. The topological polar surface area (TPSA) is 62.4 Å². The van der Waals surface area contributed by atoms with Crippen LogP contribution in [0.15, 0.2) is 6.07 Å². The highest BCUT2D eigenvalue weighted by Crippen LogP contribution is 2.40. The Hall–Kier alpha value is -1.13. The third kappa shape index (κ3) is 2.13. The average molecular weight is 261 g/mol. The smallest absolute Gasteiger partial charge is 0.134 e. The van der Waals surface area contributed by atoms with Crippen LogP contribution in [-0.4, -0.2) is 28.3 Å². The van der Waals surface area contributed by atoms with Gasteiger partial charge in [-0.05, 0) is 51.2 Å². The Balaban J connectivity index is 2.03. The van der Waals surface area contributed by atoms with Gasteiger partial charge in [0.2, 0.25) is 0 Å². The average Bonchev–Trinajstić information content (AvgIpc) is 2.60. The number of pyridine rings is 1. The van der Waals surface area contributed by atoms with E-state index in [-0.39, 0.29) is 6.10 Å². The summed E-state index contributed by atoms with van der Waals surface area (Å²) in [6.07, 6.45) is 3.94. The van der Waals surface area contributed by atoms with E-state index < -0.39 is 0 Å². The number of fused-ring (bicyclic) bond motifs is 2. The molecule has 2 bridgehead atoms. The number of nitrogens with two attached hydrogens (primary N) is 1. The molecule has 2 atom stereocenters. The molecule has 2 aliphatic rings. The molecule has 4 nitrogen and oxygen atoms in total. The highest BCUT2D eigenvalue weighted by molar-refractivity contribution is 5.54. The maximum atomic E-state index is 9.92. The number of aryl methyl sites for hydroxylation is 2. The molecule has 0 saturated carbocycles. The lowest BCUT2D eigenvalue weighted by Gasteiger charge is -2.39. The zero-order chi connectivity index (χ0) is 13.6. The van der Waals surface area contributed by atoms with E-state index >= 15 is 0 Å². The van der Waals surface area contributed by atoms with Gasteiger partial charge in [0.15, 0.2) is 0 Å². The molecule has 0 amide bonds. The summed E-state index contributed by atoms with van der Waals surface area (Å²) in [6.45, 7) is 4.69. The van der Waals surface area contributed by atoms with E-state index in [1.165, 1.54) is 24.0 Å². The van der Waals surface area contributed by atoms with Gasteiger partial charge in [0, 0.05) is 29.9 Å². The molecule has 3 N–H and O–H groups in total. The van der Waals surface area contributed by atoms with Crippen molar-refractivity contribution in [2.45, 2.75) is 64.3 Å². The number of aliphatic hydroxyl groups is 1. The van der Waals surface area contributed by atoms with Crippen LogP contribution < -0.4 is 10.6 Å². The van der Waals surface area contributed by atoms with Crippen molar-refractivity contribution in [3.8, 4) is 0 Å². The van der Waals surface area contributed by atoms with Gasteiger partial charge < -0.3 is 15.7 Å². The summed E-state index contributed by atoms with van der Waals surface area (Å²) >= 11 is 0. The Kier molecular flexibility index (Phi) is 3.23. The summed E-state index contributed by atoms with van der Waals surface area (Å²) < 4.78 is 0. The summed E-state index contributed by atoms with van der Waals surface area (Å²) in [5.41, 5.74) is 9.38. The zero-order valence-corrected chi connectivity index (χ0v) is 11.8. The molecule has 0 aromatic carbocycles. The Bertz CT molecular complexity index is 475. The Morgan fingerprint density at radius 2 is 1.95 bits per heavy atom. The first-order valence-electron chi connectivity index (χ1n) is 7.23. The quantitative estimate of drug-likeness (QED) is 0.849. The second-order valence-corrected chi connectivity index (χ2v) is 6.00. The Labute approximate surface area is 114 Å². The molecule has 1 aromatic rings. The first kappa shape index (κ1) is 12.9. The van der Waals surface area contributed by atoms with E-state index in [1.54, 1.807) is 0 Å². The van der Waals surface area contributed by atoms with Gasteiger partial charge in [0.05, 0.1) is 6.10 Å². The third-order valence-corrected chi connectivity index (χ3v) is 4.61. The van der Waals surface area contributed by atoms with Gasteiger partial charge in [-0.25, -0.2) is 4.98 Å². The van der Waals surface area contributed by atoms with Gasteiger partial charge in [0.25, 0.3) is 0 Å². The molecule has 0 aliphatic carbocycles. The van der Waals surface area contributed by atoms with Crippen LogP contribution in [0.25, 0.3) is 0 Å². The minimum Gasteiger partial charge on any atom is -0.393 e. The van der Waals surface area contributed by atoms with Crippen LogP contribution in [0.4, 0.5) is 5.82 Å². The predicted octanol–water partition coefficient (Wildman–Crippen LogP) is 1.65. The fourth-order valence-electron chi connectivity index (χ4n) is 3.80. The largest absolute Gasteiger partial charge is 0.393 e. The fraction of sp³-hybridized carbons (Fsp3) is 0.667. The lowest BCUT2D eigenvalue weighted by molar-refractivity contribution is 0.126. The molecule has 2 saturated heterocycles. The number of anilines is 1. The van der Waals surface area contributed by atoms with Crippen molar-refractivity contribution in [2.75, 3.05) is 4.90 Å².